The summed E-state index contributed by atoms with van der Waals surface area (Å²) in [5, 5.41) is 3.32. The Hall–Kier alpha value is -2.32. The van der Waals surface area contributed by atoms with Gasteiger partial charge in [-0.15, -0.1) is 11.8 Å². The van der Waals surface area contributed by atoms with Gasteiger partial charge in [-0.2, -0.15) is 0 Å². The van der Waals surface area contributed by atoms with E-state index in [2.05, 4.69) is 15.3 Å². The van der Waals surface area contributed by atoms with E-state index in [0.29, 0.717) is 24.5 Å². The molecule has 1 saturated heterocycles. The summed E-state index contributed by atoms with van der Waals surface area (Å²) in [5.74, 6) is 1.85. The van der Waals surface area contributed by atoms with E-state index in [9.17, 15) is 4.79 Å². The number of hydrogen-bond acceptors (Lipinski definition) is 7. The van der Waals surface area contributed by atoms with E-state index in [0.717, 1.165) is 40.7 Å². The van der Waals surface area contributed by atoms with Crippen LogP contribution < -0.4 is 15.8 Å². The highest BCUT2D eigenvalue weighted by Gasteiger charge is 2.22. The Bertz CT molecular complexity index is 808. The molecule has 1 amide bonds. The maximum absolute atomic E-state index is 11.5. The zero-order chi connectivity index (χ0) is 17.2. The van der Waals surface area contributed by atoms with E-state index >= 15 is 0 Å². The average Bonchev–Trinajstić information content (AvgIpc) is 3.28. The van der Waals surface area contributed by atoms with Crippen molar-refractivity contribution in [3.05, 3.63) is 35.8 Å². The predicted molar refractivity (Wildman–Crippen MR) is 94.6 cm³/mol. The van der Waals surface area contributed by atoms with E-state index in [1.54, 1.807) is 36.3 Å². The Morgan fingerprint density at radius 3 is 3.12 bits per heavy atom. The number of nitrogens with two attached hydrogens (primary N) is 1. The van der Waals surface area contributed by atoms with Gasteiger partial charge in [0.1, 0.15) is 24.0 Å². The minimum atomic E-state index is -0.488. The zero-order valence-corrected chi connectivity index (χ0v) is 14.3. The molecule has 0 aliphatic carbocycles. The molecule has 2 aliphatic rings. The number of aromatic nitrogens is 2. The first-order chi connectivity index (χ1) is 12.2. The summed E-state index contributed by atoms with van der Waals surface area (Å²) in [4.78, 5) is 21.3. The van der Waals surface area contributed by atoms with Gasteiger partial charge in [0, 0.05) is 24.2 Å². The monoisotopic (exact) mass is 358 g/mol. The third kappa shape index (κ3) is 3.40. The van der Waals surface area contributed by atoms with Crippen molar-refractivity contribution in [2.24, 2.45) is 5.73 Å². The third-order valence-corrected chi connectivity index (χ3v) is 5.29. The van der Waals surface area contributed by atoms with E-state index in [1.807, 2.05) is 0 Å². The zero-order valence-electron chi connectivity index (χ0n) is 13.5. The number of nitrogens with one attached hydrogen (secondary N) is 1. The van der Waals surface area contributed by atoms with Crippen LogP contribution in [-0.2, 0) is 11.2 Å². The van der Waals surface area contributed by atoms with Gasteiger partial charge in [-0.25, -0.2) is 9.97 Å². The molecule has 7 nitrogen and oxygen atoms in total. The van der Waals surface area contributed by atoms with Crippen molar-refractivity contribution in [1.82, 2.24) is 9.97 Å². The van der Waals surface area contributed by atoms with E-state index in [4.69, 9.17) is 15.2 Å². The predicted octanol–water partition coefficient (Wildman–Crippen LogP) is 2.13. The molecule has 0 bridgehead atoms. The van der Waals surface area contributed by atoms with Crippen LogP contribution in [0.15, 0.2) is 29.4 Å². The number of amides is 1. The molecule has 1 aromatic carbocycles. The van der Waals surface area contributed by atoms with E-state index < -0.39 is 5.91 Å². The fourth-order valence-electron chi connectivity index (χ4n) is 2.87. The summed E-state index contributed by atoms with van der Waals surface area (Å²) in [6.07, 6.45) is 3.30. The molecule has 1 atom stereocenters. The molecule has 1 fully saturated rings. The molecule has 1 unspecified atom stereocenters. The number of ether oxygens (including phenoxy) is 2. The number of carbonyl (C=O) groups excluding carboxylic acids is 1. The highest BCUT2D eigenvalue weighted by Crippen LogP contribution is 2.38. The van der Waals surface area contributed by atoms with Crippen molar-refractivity contribution in [1.29, 1.82) is 0 Å². The standard InChI is InChI=1S/C17H18N4O3S/c18-16(22)10-1-2-12(14(7-10)24-11-3-5-23-8-11)21-17-15-13(4-6-25-15)19-9-20-17/h1-2,7,9,11H,3-6,8H2,(H2,18,22)(H,19,20,21). The van der Waals surface area contributed by atoms with Crippen molar-refractivity contribution in [3.8, 4) is 5.75 Å². The lowest BCUT2D eigenvalue weighted by Gasteiger charge is -2.18. The first-order valence-electron chi connectivity index (χ1n) is 8.12. The number of aryl methyl sites for hydroxylation is 1. The molecule has 1 aromatic heterocycles. The van der Waals surface area contributed by atoms with Gasteiger partial charge in [0.2, 0.25) is 5.91 Å². The van der Waals surface area contributed by atoms with Crippen LogP contribution in [0.3, 0.4) is 0 Å². The van der Waals surface area contributed by atoms with Gasteiger partial charge >= 0.3 is 0 Å². The first-order valence-corrected chi connectivity index (χ1v) is 9.11. The summed E-state index contributed by atoms with van der Waals surface area (Å²) in [7, 11) is 0. The number of carbonyl (C=O) groups is 1. The molecule has 2 aromatic rings. The summed E-state index contributed by atoms with van der Waals surface area (Å²) in [5.41, 5.74) is 7.61. The molecule has 0 saturated carbocycles. The third-order valence-electron chi connectivity index (χ3n) is 4.16. The molecular formula is C17H18N4O3S. The molecule has 4 rings (SSSR count). The number of benzene rings is 1. The Balaban J connectivity index is 1.66. The van der Waals surface area contributed by atoms with Gasteiger partial charge in [0.15, 0.2) is 0 Å². The highest BCUT2D eigenvalue weighted by atomic mass is 32.2. The molecule has 0 radical (unpaired) electrons. The quantitative estimate of drug-likeness (QED) is 0.844. The second kappa shape index (κ2) is 6.89. The maximum Gasteiger partial charge on any atom is 0.248 e. The number of fused-ring (bicyclic) bond motifs is 1. The summed E-state index contributed by atoms with van der Waals surface area (Å²) < 4.78 is 11.4. The topological polar surface area (TPSA) is 99.4 Å². The van der Waals surface area contributed by atoms with Gasteiger partial charge in [-0.1, -0.05) is 0 Å². The summed E-state index contributed by atoms with van der Waals surface area (Å²) in [6, 6.07) is 5.13. The van der Waals surface area contributed by atoms with Crippen LogP contribution in [0.2, 0.25) is 0 Å². The smallest absolute Gasteiger partial charge is 0.248 e. The van der Waals surface area contributed by atoms with Gasteiger partial charge in [0.25, 0.3) is 0 Å². The highest BCUT2D eigenvalue weighted by molar-refractivity contribution is 7.99. The minimum absolute atomic E-state index is 0.0332. The molecule has 3 heterocycles. The number of hydrogen-bond donors (Lipinski definition) is 2. The fourth-order valence-corrected chi connectivity index (χ4v) is 3.93. The lowest BCUT2D eigenvalue weighted by atomic mass is 10.1. The molecular weight excluding hydrogens is 340 g/mol. The first kappa shape index (κ1) is 16.2. The molecule has 0 spiro atoms. The minimum Gasteiger partial charge on any atom is -0.486 e. The number of rotatable bonds is 5. The van der Waals surface area contributed by atoms with Crippen molar-refractivity contribution in [3.63, 3.8) is 0 Å². The summed E-state index contributed by atoms with van der Waals surface area (Å²) in [6.45, 7) is 1.22. The van der Waals surface area contributed by atoms with Gasteiger partial charge < -0.3 is 20.5 Å². The molecule has 2 aliphatic heterocycles. The number of thioether (sulfide) groups is 1. The molecule has 25 heavy (non-hydrogen) atoms. The SMILES string of the molecule is NC(=O)c1ccc(Nc2ncnc3c2SCC3)c(OC2CCOC2)c1. The number of anilines is 2. The lowest BCUT2D eigenvalue weighted by molar-refractivity contribution is 0.0999. The van der Waals surface area contributed by atoms with Gasteiger partial charge in [-0.05, 0) is 18.2 Å². The van der Waals surface area contributed by atoms with Crippen molar-refractivity contribution >= 4 is 29.2 Å². The second-order valence-corrected chi connectivity index (χ2v) is 7.01. The molecule has 8 heteroatoms. The number of primary amides is 1. The lowest BCUT2D eigenvalue weighted by Crippen LogP contribution is -2.18. The maximum atomic E-state index is 11.5. The van der Waals surface area contributed by atoms with Crippen LogP contribution in [-0.4, -0.2) is 40.9 Å². The van der Waals surface area contributed by atoms with Crippen LogP contribution >= 0.6 is 11.8 Å². The Morgan fingerprint density at radius 2 is 2.32 bits per heavy atom. The van der Waals surface area contributed by atoms with Crippen molar-refractivity contribution in [2.45, 2.75) is 23.8 Å². The van der Waals surface area contributed by atoms with E-state index in [1.165, 1.54) is 0 Å². The summed E-state index contributed by atoms with van der Waals surface area (Å²) >= 11 is 1.74. The van der Waals surface area contributed by atoms with Crippen LogP contribution in [0, 0.1) is 0 Å². The van der Waals surface area contributed by atoms with E-state index in [-0.39, 0.29) is 6.10 Å². The van der Waals surface area contributed by atoms with Crippen LogP contribution in [0.25, 0.3) is 0 Å². The normalized spacial score (nSPS) is 18.8. The fraction of sp³-hybridized carbons (Fsp3) is 0.353. The molecule has 3 N–H and O–H groups in total. The number of nitrogens with zero attached hydrogens (tertiary/aromatic N) is 2. The largest absolute Gasteiger partial charge is 0.486 e. The Labute approximate surface area is 149 Å². The van der Waals surface area contributed by atoms with Gasteiger partial charge in [0.05, 0.1) is 29.5 Å². The van der Waals surface area contributed by atoms with Crippen LogP contribution in [0.4, 0.5) is 11.5 Å². The van der Waals surface area contributed by atoms with Crippen molar-refractivity contribution < 1.29 is 14.3 Å². The Morgan fingerprint density at radius 1 is 1.40 bits per heavy atom. The second-order valence-electron chi connectivity index (χ2n) is 5.90. The Kier molecular flexibility index (Phi) is 4.46. The molecule has 130 valence electrons. The van der Waals surface area contributed by atoms with Crippen molar-refractivity contribution in [2.75, 3.05) is 24.3 Å². The van der Waals surface area contributed by atoms with Crippen LogP contribution in [0.5, 0.6) is 5.75 Å². The average molecular weight is 358 g/mol. The van der Waals surface area contributed by atoms with Gasteiger partial charge in [-0.3, -0.25) is 4.79 Å². The van der Waals surface area contributed by atoms with Crippen LogP contribution in [0.1, 0.15) is 22.5 Å².